The van der Waals surface area contributed by atoms with E-state index in [1.165, 1.54) is 37.1 Å². The molecule has 3 saturated heterocycles. The minimum absolute atomic E-state index is 0.234. The predicted octanol–water partition coefficient (Wildman–Crippen LogP) is 2.33. The van der Waals surface area contributed by atoms with Crippen LogP contribution in [0.25, 0.3) is 0 Å². The van der Waals surface area contributed by atoms with Gasteiger partial charge in [0.2, 0.25) is 5.91 Å². The molecule has 1 N–H and O–H groups in total. The van der Waals surface area contributed by atoms with Gasteiger partial charge in [-0.3, -0.25) is 4.79 Å². The fraction of sp³-hybridized carbons (Fsp3) is 0.632. The molecular formula is C19H26N2O2. The van der Waals surface area contributed by atoms with Crippen LogP contribution in [0.15, 0.2) is 18.2 Å². The number of nitrogens with zero attached hydrogens (tertiary/aromatic N) is 1. The first-order chi connectivity index (χ1) is 11.2. The van der Waals surface area contributed by atoms with E-state index in [0.29, 0.717) is 24.3 Å². The van der Waals surface area contributed by atoms with Gasteiger partial charge < -0.3 is 15.0 Å². The summed E-state index contributed by atoms with van der Waals surface area (Å²) in [4.78, 5) is 15.0. The Labute approximate surface area is 138 Å². The Morgan fingerprint density at radius 2 is 2.13 bits per heavy atom. The van der Waals surface area contributed by atoms with Crippen molar-refractivity contribution in [2.45, 2.75) is 44.1 Å². The maximum atomic E-state index is 12.5. The van der Waals surface area contributed by atoms with E-state index in [9.17, 15) is 4.79 Å². The van der Waals surface area contributed by atoms with E-state index in [4.69, 9.17) is 4.74 Å². The summed E-state index contributed by atoms with van der Waals surface area (Å²) in [5, 5.41) is 3.33. The van der Waals surface area contributed by atoms with E-state index in [1.54, 1.807) is 7.11 Å². The second-order valence-corrected chi connectivity index (χ2v) is 7.32. The van der Waals surface area contributed by atoms with Crippen molar-refractivity contribution < 1.29 is 9.53 Å². The highest BCUT2D eigenvalue weighted by Gasteiger charge is 2.35. The van der Waals surface area contributed by atoms with Crippen molar-refractivity contribution in [1.29, 1.82) is 0 Å². The number of aryl methyl sites for hydroxylation is 1. The molecule has 2 atom stereocenters. The zero-order valence-corrected chi connectivity index (χ0v) is 13.9. The van der Waals surface area contributed by atoms with Crippen LogP contribution in [-0.2, 0) is 11.2 Å². The summed E-state index contributed by atoms with van der Waals surface area (Å²) in [7, 11) is 1.70. The number of methoxy groups -OCH3 is 1. The first-order valence-electron chi connectivity index (χ1n) is 8.91. The third-order valence-corrected chi connectivity index (χ3v) is 5.99. The second-order valence-electron chi connectivity index (χ2n) is 7.32. The van der Waals surface area contributed by atoms with E-state index in [0.717, 1.165) is 25.1 Å². The third-order valence-electron chi connectivity index (χ3n) is 5.99. The number of piperidine rings is 3. The molecule has 0 saturated carbocycles. The van der Waals surface area contributed by atoms with Crippen molar-refractivity contribution >= 4 is 5.91 Å². The average Bonchev–Trinajstić information content (AvgIpc) is 2.98. The predicted molar refractivity (Wildman–Crippen MR) is 89.8 cm³/mol. The summed E-state index contributed by atoms with van der Waals surface area (Å²) >= 11 is 0. The van der Waals surface area contributed by atoms with Crippen LogP contribution < -0.4 is 10.1 Å². The summed E-state index contributed by atoms with van der Waals surface area (Å²) < 4.78 is 5.30. The van der Waals surface area contributed by atoms with Crippen LogP contribution in [0.5, 0.6) is 5.75 Å². The van der Waals surface area contributed by atoms with E-state index in [-0.39, 0.29) is 5.91 Å². The first-order valence-corrected chi connectivity index (χ1v) is 8.91. The van der Waals surface area contributed by atoms with Gasteiger partial charge in [-0.05, 0) is 73.9 Å². The van der Waals surface area contributed by atoms with Gasteiger partial charge in [0.15, 0.2) is 0 Å². The normalized spacial score (nSPS) is 31.7. The molecule has 4 heteroatoms. The zero-order chi connectivity index (χ0) is 15.8. The molecule has 1 aromatic carbocycles. The van der Waals surface area contributed by atoms with Gasteiger partial charge >= 0.3 is 0 Å². The summed E-state index contributed by atoms with van der Waals surface area (Å²) in [5.74, 6) is 2.22. The van der Waals surface area contributed by atoms with Crippen molar-refractivity contribution in [3.05, 3.63) is 29.3 Å². The number of carbonyl (C=O) groups is 1. The van der Waals surface area contributed by atoms with Gasteiger partial charge in [0.1, 0.15) is 5.75 Å². The molecule has 1 aromatic rings. The Morgan fingerprint density at radius 1 is 1.30 bits per heavy atom. The van der Waals surface area contributed by atoms with E-state index < -0.39 is 0 Å². The molecule has 1 aliphatic carbocycles. The molecule has 0 radical (unpaired) electrons. The lowest BCUT2D eigenvalue weighted by Crippen LogP contribution is -2.57. The average molecular weight is 314 g/mol. The van der Waals surface area contributed by atoms with Gasteiger partial charge in [0.05, 0.1) is 7.11 Å². The van der Waals surface area contributed by atoms with E-state index in [2.05, 4.69) is 22.3 Å². The van der Waals surface area contributed by atoms with Gasteiger partial charge in [0.25, 0.3) is 0 Å². The minimum Gasteiger partial charge on any atom is -0.497 e. The van der Waals surface area contributed by atoms with Crippen LogP contribution in [0, 0.1) is 5.92 Å². The number of hydrogen-bond donors (Lipinski definition) is 1. The Morgan fingerprint density at radius 3 is 2.83 bits per heavy atom. The lowest BCUT2D eigenvalue weighted by atomic mass is 9.84. The Balaban J connectivity index is 1.37. The number of nitrogens with one attached hydrogen (secondary N) is 1. The van der Waals surface area contributed by atoms with Crippen LogP contribution in [0.1, 0.15) is 42.7 Å². The summed E-state index contributed by atoms with van der Waals surface area (Å²) in [6, 6.07) is 6.66. The molecule has 3 heterocycles. The lowest BCUT2D eigenvalue weighted by molar-refractivity contribution is -0.123. The van der Waals surface area contributed by atoms with Crippen molar-refractivity contribution in [3.63, 3.8) is 0 Å². The molecule has 4 aliphatic rings. The van der Waals surface area contributed by atoms with Crippen molar-refractivity contribution in [3.8, 4) is 5.75 Å². The first kappa shape index (κ1) is 15.0. The number of amides is 1. The topological polar surface area (TPSA) is 41.6 Å². The van der Waals surface area contributed by atoms with E-state index in [1.807, 2.05) is 6.07 Å². The fourth-order valence-electron chi connectivity index (χ4n) is 4.64. The second kappa shape index (κ2) is 6.16. The molecule has 4 nitrogen and oxygen atoms in total. The van der Waals surface area contributed by atoms with Crippen LogP contribution >= 0.6 is 0 Å². The van der Waals surface area contributed by atoms with Crippen LogP contribution in [-0.4, -0.2) is 43.6 Å². The van der Waals surface area contributed by atoms with Gasteiger partial charge in [-0.1, -0.05) is 6.07 Å². The zero-order valence-electron chi connectivity index (χ0n) is 13.9. The summed E-state index contributed by atoms with van der Waals surface area (Å²) in [6.07, 6.45) is 5.26. The van der Waals surface area contributed by atoms with E-state index >= 15 is 0 Å². The van der Waals surface area contributed by atoms with Crippen LogP contribution in [0.4, 0.5) is 0 Å². The maximum Gasteiger partial charge on any atom is 0.220 e. The van der Waals surface area contributed by atoms with Crippen LogP contribution in [0.3, 0.4) is 0 Å². The number of rotatable bonds is 4. The molecule has 3 fully saturated rings. The SMILES string of the molecule is COc1ccc2c(c1)CCC2CC(=O)NC1CN2CCC1CC2. The van der Waals surface area contributed by atoms with Gasteiger partial charge in [-0.15, -0.1) is 0 Å². The van der Waals surface area contributed by atoms with Crippen molar-refractivity contribution in [1.82, 2.24) is 10.2 Å². The largest absolute Gasteiger partial charge is 0.497 e. The number of ether oxygens (including phenoxy) is 1. The Bertz CT molecular complexity index is 593. The highest BCUT2D eigenvalue weighted by Crippen LogP contribution is 2.37. The van der Waals surface area contributed by atoms with Crippen LogP contribution in [0.2, 0.25) is 0 Å². The molecule has 2 bridgehead atoms. The molecule has 2 unspecified atom stereocenters. The maximum absolute atomic E-state index is 12.5. The number of hydrogen-bond acceptors (Lipinski definition) is 3. The quantitative estimate of drug-likeness (QED) is 0.927. The smallest absolute Gasteiger partial charge is 0.220 e. The van der Waals surface area contributed by atoms with Gasteiger partial charge in [0, 0.05) is 19.0 Å². The molecule has 23 heavy (non-hydrogen) atoms. The standard InChI is InChI=1S/C19H26N2O2/c1-23-16-4-5-17-14(10-16)2-3-15(17)11-19(22)20-18-12-21-8-6-13(18)7-9-21/h4-5,10,13,15,18H,2-3,6-9,11-12H2,1H3,(H,20,22). The fourth-order valence-corrected chi connectivity index (χ4v) is 4.64. The number of benzene rings is 1. The molecule has 0 spiro atoms. The van der Waals surface area contributed by atoms with Crippen molar-refractivity contribution in [2.24, 2.45) is 5.92 Å². The Kier molecular flexibility index (Phi) is 4.02. The summed E-state index contributed by atoms with van der Waals surface area (Å²) in [5.41, 5.74) is 2.69. The number of fused-ring (bicyclic) bond motifs is 4. The highest BCUT2D eigenvalue weighted by molar-refractivity contribution is 5.77. The van der Waals surface area contributed by atoms with Gasteiger partial charge in [-0.25, -0.2) is 0 Å². The lowest BCUT2D eigenvalue weighted by Gasteiger charge is -2.45. The molecule has 3 aliphatic heterocycles. The molecular weight excluding hydrogens is 288 g/mol. The van der Waals surface area contributed by atoms with Gasteiger partial charge in [-0.2, -0.15) is 0 Å². The number of carbonyl (C=O) groups excluding carboxylic acids is 1. The molecule has 0 aromatic heterocycles. The summed E-state index contributed by atoms with van der Waals surface area (Å²) in [6.45, 7) is 3.48. The molecule has 1 amide bonds. The monoisotopic (exact) mass is 314 g/mol. The minimum atomic E-state index is 0.234. The third kappa shape index (κ3) is 2.97. The molecule has 124 valence electrons. The highest BCUT2D eigenvalue weighted by atomic mass is 16.5. The Hall–Kier alpha value is -1.55. The van der Waals surface area contributed by atoms with Crippen molar-refractivity contribution in [2.75, 3.05) is 26.7 Å². The molecule has 5 rings (SSSR count).